The highest BCUT2D eigenvalue weighted by molar-refractivity contribution is 5.13. The zero-order chi connectivity index (χ0) is 15.5. The van der Waals surface area contributed by atoms with Crippen LogP contribution in [-0.2, 0) is 11.4 Å². The summed E-state index contributed by atoms with van der Waals surface area (Å²) >= 11 is 0. The van der Waals surface area contributed by atoms with Crippen molar-refractivity contribution in [3.05, 3.63) is 35.9 Å². The van der Waals surface area contributed by atoms with Gasteiger partial charge in [-0.3, -0.25) is 4.84 Å². The largest absolute Gasteiger partial charge is 0.417 e. The normalized spacial score (nSPS) is 21.2. The van der Waals surface area contributed by atoms with E-state index in [0.717, 1.165) is 5.56 Å². The number of benzene rings is 1. The molecule has 1 unspecified atom stereocenters. The van der Waals surface area contributed by atoms with Crippen LogP contribution in [0.15, 0.2) is 30.3 Å². The molecule has 1 heterocycles. The van der Waals surface area contributed by atoms with E-state index in [-0.39, 0.29) is 19.7 Å². The monoisotopic (exact) mass is 307 g/mol. The number of piperidine rings is 1. The maximum Gasteiger partial charge on any atom is 0.417 e. The van der Waals surface area contributed by atoms with Crippen molar-refractivity contribution in [3.63, 3.8) is 0 Å². The number of hydroxylamine groups is 2. The Morgan fingerprint density at radius 3 is 2.29 bits per heavy atom. The van der Waals surface area contributed by atoms with Crippen molar-refractivity contribution in [2.24, 2.45) is 0 Å². The Balaban J connectivity index is 1.83. The lowest BCUT2D eigenvalue weighted by atomic mass is 9.88. The summed E-state index contributed by atoms with van der Waals surface area (Å²) in [5.74, 6) is 0. The van der Waals surface area contributed by atoms with Crippen molar-refractivity contribution >= 4 is 0 Å². The van der Waals surface area contributed by atoms with Gasteiger partial charge in [-0.15, -0.1) is 0 Å². The summed E-state index contributed by atoms with van der Waals surface area (Å²) in [7, 11) is 0. The zero-order valence-corrected chi connectivity index (χ0v) is 11.3. The van der Waals surface area contributed by atoms with E-state index in [9.17, 15) is 17.6 Å². The van der Waals surface area contributed by atoms with E-state index >= 15 is 0 Å². The highest BCUT2D eigenvalue weighted by Gasteiger charge is 2.54. The maximum absolute atomic E-state index is 14.1. The van der Waals surface area contributed by atoms with Crippen molar-refractivity contribution < 1.29 is 27.5 Å². The van der Waals surface area contributed by atoms with Crippen LogP contribution in [0.1, 0.15) is 18.4 Å². The summed E-state index contributed by atoms with van der Waals surface area (Å²) < 4.78 is 51.4. The van der Waals surface area contributed by atoms with Gasteiger partial charge in [0.1, 0.15) is 5.67 Å². The van der Waals surface area contributed by atoms with Crippen LogP contribution < -0.4 is 0 Å². The topological polar surface area (TPSA) is 32.7 Å². The minimum atomic E-state index is -4.94. The Labute approximate surface area is 120 Å². The Morgan fingerprint density at radius 2 is 1.76 bits per heavy atom. The second-order valence-electron chi connectivity index (χ2n) is 5.17. The molecule has 1 aromatic carbocycles. The fourth-order valence-electron chi connectivity index (χ4n) is 2.29. The third-order valence-corrected chi connectivity index (χ3v) is 3.61. The van der Waals surface area contributed by atoms with Crippen molar-refractivity contribution in [1.29, 1.82) is 0 Å². The molecular weight excluding hydrogens is 290 g/mol. The molecule has 1 atom stereocenters. The number of hydrogen-bond donors (Lipinski definition) is 1. The lowest BCUT2D eigenvalue weighted by molar-refractivity contribution is -0.263. The Hall–Kier alpha value is -1.18. The van der Waals surface area contributed by atoms with Gasteiger partial charge >= 0.3 is 6.18 Å². The summed E-state index contributed by atoms with van der Waals surface area (Å²) in [6.07, 6.45) is -8.71. The van der Waals surface area contributed by atoms with Gasteiger partial charge in [-0.1, -0.05) is 30.3 Å². The van der Waals surface area contributed by atoms with Gasteiger partial charge in [-0.05, 0) is 18.4 Å². The SMILES string of the molecule is OC(C(F)(F)F)C1(F)CCN(OCc2ccccc2)CC1. The smallest absolute Gasteiger partial charge is 0.381 e. The lowest BCUT2D eigenvalue weighted by Gasteiger charge is -2.38. The van der Waals surface area contributed by atoms with E-state index in [1.165, 1.54) is 5.06 Å². The molecule has 0 spiro atoms. The molecule has 21 heavy (non-hydrogen) atoms. The van der Waals surface area contributed by atoms with Gasteiger partial charge < -0.3 is 5.11 Å². The van der Waals surface area contributed by atoms with Crippen molar-refractivity contribution in [2.45, 2.75) is 37.4 Å². The third-order valence-electron chi connectivity index (χ3n) is 3.61. The van der Waals surface area contributed by atoms with Crippen molar-refractivity contribution in [2.75, 3.05) is 13.1 Å². The summed E-state index contributed by atoms with van der Waals surface area (Å²) in [5.41, 5.74) is -1.71. The molecule has 0 amide bonds. The first-order valence-corrected chi connectivity index (χ1v) is 6.67. The number of aliphatic hydroxyl groups excluding tert-OH is 1. The summed E-state index contributed by atoms with van der Waals surface area (Å²) in [6, 6.07) is 9.27. The fraction of sp³-hybridized carbons (Fsp3) is 0.571. The van der Waals surface area contributed by atoms with E-state index in [1.54, 1.807) is 0 Å². The molecule has 0 aromatic heterocycles. The molecule has 0 saturated carbocycles. The molecule has 0 bridgehead atoms. The quantitative estimate of drug-likeness (QED) is 0.868. The molecule has 1 aliphatic rings. The van der Waals surface area contributed by atoms with E-state index in [2.05, 4.69) is 0 Å². The molecule has 1 saturated heterocycles. The maximum atomic E-state index is 14.1. The molecule has 0 radical (unpaired) electrons. The number of rotatable bonds is 4. The Bertz CT molecular complexity index is 444. The predicted molar refractivity (Wildman–Crippen MR) is 67.9 cm³/mol. The highest BCUT2D eigenvalue weighted by Crippen LogP contribution is 2.38. The van der Waals surface area contributed by atoms with Gasteiger partial charge in [0.25, 0.3) is 0 Å². The van der Waals surface area contributed by atoms with E-state index in [0.29, 0.717) is 0 Å². The molecule has 0 aliphatic carbocycles. The molecule has 118 valence electrons. The fourth-order valence-corrected chi connectivity index (χ4v) is 2.29. The van der Waals surface area contributed by atoms with Crippen LogP contribution in [0.2, 0.25) is 0 Å². The third kappa shape index (κ3) is 4.15. The highest BCUT2D eigenvalue weighted by atomic mass is 19.4. The predicted octanol–water partition coefficient (Wildman–Crippen LogP) is 2.85. The van der Waals surface area contributed by atoms with Crippen LogP contribution in [0, 0.1) is 0 Å². The van der Waals surface area contributed by atoms with Crippen LogP contribution in [0.25, 0.3) is 0 Å². The van der Waals surface area contributed by atoms with Gasteiger partial charge in [-0.2, -0.15) is 18.2 Å². The van der Waals surface area contributed by atoms with E-state index in [4.69, 9.17) is 9.94 Å². The standard InChI is InChI=1S/C14H17F4NO2/c15-13(12(20)14(16,17)18)6-8-19(9-7-13)21-10-11-4-2-1-3-5-11/h1-5,12,20H,6-10H2. The average Bonchev–Trinajstić information content (AvgIpc) is 2.46. The molecule has 1 N–H and O–H groups in total. The molecular formula is C14H17F4NO2. The van der Waals surface area contributed by atoms with Crippen molar-refractivity contribution in [1.82, 2.24) is 5.06 Å². The molecule has 1 aliphatic heterocycles. The second-order valence-corrected chi connectivity index (χ2v) is 5.17. The minimum absolute atomic E-state index is 0.0104. The van der Waals surface area contributed by atoms with Crippen LogP contribution in [0.4, 0.5) is 17.6 Å². The summed E-state index contributed by atoms with van der Waals surface area (Å²) in [5, 5.41) is 10.5. The first-order chi connectivity index (χ1) is 9.81. The van der Waals surface area contributed by atoms with Crippen LogP contribution in [-0.4, -0.2) is 41.2 Å². The van der Waals surface area contributed by atoms with Crippen molar-refractivity contribution in [3.8, 4) is 0 Å². The minimum Gasteiger partial charge on any atom is -0.381 e. The van der Waals surface area contributed by atoms with Gasteiger partial charge in [0.2, 0.25) is 0 Å². The van der Waals surface area contributed by atoms with Gasteiger partial charge in [0, 0.05) is 13.1 Å². The number of nitrogens with zero attached hydrogens (tertiary/aromatic N) is 1. The van der Waals surface area contributed by atoms with Crippen LogP contribution in [0.5, 0.6) is 0 Å². The van der Waals surface area contributed by atoms with Gasteiger partial charge in [-0.25, -0.2) is 4.39 Å². The number of halogens is 4. The zero-order valence-electron chi connectivity index (χ0n) is 11.3. The number of hydrogen-bond acceptors (Lipinski definition) is 3. The summed E-state index contributed by atoms with van der Waals surface area (Å²) in [4.78, 5) is 5.43. The number of aliphatic hydroxyl groups is 1. The van der Waals surface area contributed by atoms with Gasteiger partial charge in [0.15, 0.2) is 6.10 Å². The number of alkyl halides is 4. The second kappa shape index (κ2) is 6.29. The first-order valence-electron chi connectivity index (χ1n) is 6.67. The van der Waals surface area contributed by atoms with E-state index in [1.807, 2.05) is 30.3 Å². The Kier molecular flexibility index (Phi) is 4.85. The van der Waals surface area contributed by atoms with E-state index < -0.39 is 30.8 Å². The van der Waals surface area contributed by atoms with Crippen LogP contribution in [0.3, 0.4) is 0 Å². The summed E-state index contributed by atoms with van der Waals surface area (Å²) in [6.45, 7) is 0.300. The lowest BCUT2D eigenvalue weighted by Crippen LogP contribution is -2.53. The van der Waals surface area contributed by atoms with Gasteiger partial charge in [0.05, 0.1) is 6.61 Å². The molecule has 7 heteroatoms. The Morgan fingerprint density at radius 1 is 1.19 bits per heavy atom. The average molecular weight is 307 g/mol. The molecule has 1 aromatic rings. The molecule has 3 nitrogen and oxygen atoms in total. The van der Waals surface area contributed by atoms with Crippen LogP contribution >= 0.6 is 0 Å². The first kappa shape index (κ1) is 16.2. The molecule has 1 fully saturated rings. The molecule has 2 rings (SSSR count).